The van der Waals surface area contributed by atoms with Gasteiger partial charge >= 0.3 is 0 Å². The molecule has 164 valence electrons. The van der Waals surface area contributed by atoms with Gasteiger partial charge in [0.25, 0.3) is 11.8 Å². The summed E-state index contributed by atoms with van der Waals surface area (Å²) in [4.78, 5) is 40.7. The van der Waals surface area contributed by atoms with E-state index in [-0.39, 0.29) is 29.7 Å². The van der Waals surface area contributed by atoms with Crippen molar-refractivity contribution in [3.63, 3.8) is 0 Å². The highest BCUT2D eigenvalue weighted by Crippen LogP contribution is 2.25. The molecule has 1 aromatic carbocycles. The summed E-state index contributed by atoms with van der Waals surface area (Å²) in [5.74, 6) is 0.335. The first kappa shape index (κ1) is 21.4. The maximum absolute atomic E-state index is 12.9. The van der Waals surface area contributed by atoms with Crippen LogP contribution in [0.1, 0.15) is 45.7 Å². The van der Waals surface area contributed by atoms with Gasteiger partial charge in [0.1, 0.15) is 11.8 Å². The van der Waals surface area contributed by atoms with E-state index in [9.17, 15) is 14.4 Å². The number of thiophene rings is 1. The lowest BCUT2D eigenvalue weighted by Gasteiger charge is -2.35. The predicted octanol–water partition coefficient (Wildman–Crippen LogP) is 2.69. The van der Waals surface area contributed by atoms with Gasteiger partial charge in [-0.15, -0.1) is 11.3 Å². The molecule has 4 rings (SSSR count). The first-order valence-electron chi connectivity index (χ1n) is 10.6. The quantitative estimate of drug-likeness (QED) is 0.692. The highest BCUT2D eigenvalue weighted by atomic mass is 32.1. The molecule has 1 saturated carbocycles. The number of piperidine rings is 1. The van der Waals surface area contributed by atoms with Gasteiger partial charge in [-0.25, -0.2) is 0 Å². The summed E-state index contributed by atoms with van der Waals surface area (Å²) < 4.78 is 5.15. The molecule has 7 nitrogen and oxygen atoms in total. The SMILES string of the molecule is COc1ccc(C(=O)N2CCC(C(NC(=O)c3cccs3)C(=O)NC3CC3)CC2)cc1. The Morgan fingerprint density at radius 3 is 2.35 bits per heavy atom. The third-order valence-corrected chi connectivity index (χ3v) is 6.74. The van der Waals surface area contributed by atoms with Gasteiger partial charge in [-0.3, -0.25) is 14.4 Å². The summed E-state index contributed by atoms with van der Waals surface area (Å²) in [6, 6.07) is 10.3. The second-order valence-corrected chi connectivity index (χ2v) is 9.02. The molecule has 31 heavy (non-hydrogen) atoms. The van der Waals surface area contributed by atoms with Crippen LogP contribution in [0.3, 0.4) is 0 Å². The van der Waals surface area contributed by atoms with Crippen LogP contribution in [0.5, 0.6) is 5.75 Å². The van der Waals surface area contributed by atoms with Crippen LogP contribution in [-0.2, 0) is 4.79 Å². The van der Waals surface area contributed by atoms with Crippen LogP contribution in [0, 0.1) is 5.92 Å². The number of hydrogen-bond acceptors (Lipinski definition) is 5. The lowest BCUT2D eigenvalue weighted by molar-refractivity contribution is -0.124. The molecule has 2 aromatic rings. The second-order valence-electron chi connectivity index (χ2n) is 8.07. The minimum Gasteiger partial charge on any atom is -0.497 e. The van der Waals surface area contributed by atoms with Gasteiger partial charge in [-0.1, -0.05) is 6.07 Å². The molecule has 1 aromatic heterocycles. The molecule has 3 amide bonds. The molecule has 8 heteroatoms. The van der Waals surface area contributed by atoms with Crippen molar-refractivity contribution in [3.05, 3.63) is 52.2 Å². The molecular formula is C23H27N3O4S. The Hall–Kier alpha value is -2.87. The molecule has 1 aliphatic carbocycles. The van der Waals surface area contributed by atoms with E-state index in [1.54, 1.807) is 37.4 Å². The minimum absolute atomic E-state index is 0.0115. The number of methoxy groups -OCH3 is 1. The fraction of sp³-hybridized carbons (Fsp3) is 0.435. The highest BCUT2D eigenvalue weighted by molar-refractivity contribution is 7.12. The van der Waals surface area contributed by atoms with E-state index in [1.807, 2.05) is 16.3 Å². The number of ether oxygens (including phenoxy) is 1. The second kappa shape index (κ2) is 9.51. The molecule has 1 saturated heterocycles. The zero-order valence-corrected chi connectivity index (χ0v) is 18.3. The summed E-state index contributed by atoms with van der Waals surface area (Å²) in [6.07, 6.45) is 3.31. The van der Waals surface area contributed by atoms with E-state index in [4.69, 9.17) is 4.74 Å². The van der Waals surface area contributed by atoms with Crippen LogP contribution in [0.2, 0.25) is 0 Å². The van der Waals surface area contributed by atoms with Crippen molar-refractivity contribution in [1.29, 1.82) is 0 Å². The van der Waals surface area contributed by atoms with Crippen molar-refractivity contribution in [3.8, 4) is 5.75 Å². The average Bonchev–Trinajstić information content (AvgIpc) is 3.44. The van der Waals surface area contributed by atoms with Crippen molar-refractivity contribution < 1.29 is 19.1 Å². The van der Waals surface area contributed by atoms with Gasteiger partial charge < -0.3 is 20.3 Å². The molecule has 2 fully saturated rings. The van der Waals surface area contributed by atoms with Crippen molar-refractivity contribution in [2.75, 3.05) is 20.2 Å². The molecule has 0 spiro atoms. The maximum Gasteiger partial charge on any atom is 0.262 e. The van der Waals surface area contributed by atoms with Crippen molar-refractivity contribution in [2.24, 2.45) is 5.92 Å². The maximum atomic E-state index is 12.9. The normalized spacial score (nSPS) is 17.6. The monoisotopic (exact) mass is 441 g/mol. The number of carbonyl (C=O) groups is 3. The van der Waals surface area contributed by atoms with Crippen LogP contribution < -0.4 is 15.4 Å². The molecular weight excluding hydrogens is 414 g/mol. The predicted molar refractivity (Wildman–Crippen MR) is 118 cm³/mol. The van der Waals surface area contributed by atoms with E-state index >= 15 is 0 Å². The number of rotatable bonds is 7. The largest absolute Gasteiger partial charge is 0.497 e. The summed E-state index contributed by atoms with van der Waals surface area (Å²) in [5.41, 5.74) is 0.619. The number of likely N-dealkylation sites (tertiary alicyclic amines) is 1. The minimum atomic E-state index is -0.589. The molecule has 0 radical (unpaired) electrons. The molecule has 2 heterocycles. The fourth-order valence-corrected chi connectivity index (χ4v) is 4.52. The van der Waals surface area contributed by atoms with E-state index in [0.29, 0.717) is 42.1 Å². The molecule has 2 aliphatic rings. The Kier molecular flexibility index (Phi) is 6.56. The average molecular weight is 442 g/mol. The first-order valence-corrected chi connectivity index (χ1v) is 11.5. The number of benzene rings is 1. The summed E-state index contributed by atoms with van der Waals surface area (Å²) in [6.45, 7) is 1.11. The van der Waals surface area contributed by atoms with Gasteiger partial charge in [0.15, 0.2) is 0 Å². The van der Waals surface area contributed by atoms with Crippen molar-refractivity contribution in [2.45, 2.75) is 37.8 Å². The third kappa shape index (κ3) is 5.25. The van der Waals surface area contributed by atoms with Gasteiger partial charge in [-0.2, -0.15) is 0 Å². The zero-order chi connectivity index (χ0) is 21.8. The van der Waals surface area contributed by atoms with E-state index in [2.05, 4.69) is 10.6 Å². The summed E-state index contributed by atoms with van der Waals surface area (Å²) >= 11 is 1.36. The Morgan fingerprint density at radius 2 is 1.77 bits per heavy atom. The van der Waals surface area contributed by atoms with Crippen molar-refractivity contribution >= 4 is 29.1 Å². The molecule has 2 N–H and O–H groups in total. The summed E-state index contributed by atoms with van der Waals surface area (Å²) in [5, 5.41) is 7.83. The van der Waals surface area contributed by atoms with Crippen LogP contribution in [0.4, 0.5) is 0 Å². The van der Waals surface area contributed by atoms with Crippen molar-refractivity contribution in [1.82, 2.24) is 15.5 Å². The number of nitrogens with one attached hydrogen (secondary N) is 2. The van der Waals surface area contributed by atoms with Gasteiger partial charge in [-0.05, 0) is 67.3 Å². The lowest BCUT2D eigenvalue weighted by atomic mass is 9.88. The van der Waals surface area contributed by atoms with Gasteiger partial charge in [0.2, 0.25) is 5.91 Å². The molecule has 1 unspecified atom stereocenters. The van der Waals surface area contributed by atoms with E-state index in [1.165, 1.54) is 11.3 Å². The summed E-state index contributed by atoms with van der Waals surface area (Å²) in [7, 11) is 1.59. The van der Waals surface area contributed by atoms with Crippen LogP contribution in [0.15, 0.2) is 41.8 Å². The van der Waals surface area contributed by atoms with Crippen LogP contribution in [-0.4, -0.2) is 54.9 Å². The standard InChI is InChI=1S/C23H27N3O4S/c1-30-18-8-4-16(5-9-18)23(29)26-12-10-15(11-13-26)20(22(28)24-17-6-7-17)25-21(27)19-3-2-14-31-19/h2-5,8-9,14-15,17,20H,6-7,10-13H2,1H3,(H,24,28)(H,25,27). The van der Waals surface area contributed by atoms with Crippen LogP contribution in [0.25, 0.3) is 0 Å². The van der Waals surface area contributed by atoms with Gasteiger partial charge in [0.05, 0.1) is 12.0 Å². The number of hydrogen-bond donors (Lipinski definition) is 2. The zero-order valence-electron chi connectivity index (χ0n) is 17.5. The number of amides is 3. The number of carbonyl (C=O) groups excluding carboxylic acids is 3. The Balaban J connectivity index is 1.39. The number of nitrogens with zero attached hydrogens (tertiary/aromatic N) is 1. The Labute approximate surface area is 185 Å². The fourth-order valence-electron chi connectivity index (χ4n) is 3.89. The third-order valence-electron chi connectivity index (χ3n) is 5.87. The Bertz CT molecular complexity index is 917. The Morgan fingerprint density at radius 1 is 1.06 bits per heavy atom. The lowest BCUT2D eigenvalue weighted by Crippen LogP contribution is -2.54. The first-order chi connectivity index (χ1) is 15.0. The van der Waals surface area contributed by atoms with Gasteiger partial charge in [0, 0.05) is 24.7 Å². The topological polar surface area (TPSA) is 87.7 Å². The molecule has 0 bridgehead atoms. The highest BCUT2D eigenvalue weighted by Gasteiger charge is 2.36. The molecule has 1 aliphatic heterocycles. The van der Waals surface area contributed by atoms with Crippen LogP contribution >= 0.6 is 11.3 Å². The molecule has 1 atom stereocenters. The van der Waals surface area contributed by atoms with E-state index in [0.717, 1.165) is 12.8 Å². The smallest absolute Gasteiger partial charge is 0.262 e. The van der Waals surface area contributed by atoms with E-state index < -0.39 is 6.04 Å².